The molecule has 2 aliphatic rings. The van der Waals surface area contributed by atoms with Crippen molar-refractivity contribution >= 4 is 65.0 Å². The van der Waals surface area contributed by atoms with E-state index in [2.05, 4.69) is 21.3 Å². The summed E-state index contributed by atoms with van der Waals surface area (Å²) in [5.74, 6) is -14.5. The van der Waals surface area contributed by atoms with Gasteiger partial charge in [-0.25, -0.2) is 8.78 Å². The minimum atomic E-state index is -3.00. The first-order valence-corrected chi connectivity index (χ1v) is 32.9. The first-order valence-electron chi connectivity index (χ1n) is 32.9. The van der Waals surface area contributed by atoms with E-state index < -0.39 is 180 Å². The molecule has 0 bridgehead atoms. The first kappa shape index (κ1) is 81.8. The van der Waals surface area contributed by atoms with Crippen LogP contribution in [0.2, 0.25) is 0 Å². The number of hydrogen-bond acceptors (Lipinski definition) is 13. The molecule has 11 amide bonds. The Balaban J connectivity index is 3.05. The molecular weight excluding hydrogens is 1190 g/mol. The Kier molecular flexibility index (Phi) is 31.8. The molecule has 2 fully saturated rings. The number of likely N-dealkylation sites (N-methyl/N-ethyl adjacent to an activating group) is 7. The van der Waals surface area contributed by atoms with Crippen LogP contribution in [0.15, 0.2) is 12.2 Å². The first-order chi connectivity index (χ1) is 42.4. The largest absolute Gasteiger partial charge is 0.390 e. The number of rotatable bonds is 16. The molecule has 24 nitrogen and oxygen atoms in total. The average Bonchev–Trinajstić information content (AvgIpc) is 0.913. The van der Waals surface area contributed by atoms with Crippen LogP contribution in [0.3, 0.4) is 0 Å². The topological polar surface area (TPSA) is 282 Å². The van der Waals surface area contributed by atoms with Crippen LogP contribution in [-0.2, 0) is 52.7 Å². The highest BCUT2D eigenvalue weighted by Gasteiger charge is 2.47. The summed E-state index contributed by atoms with van der Waals surface area (Å²) in [6.07, 6.45) is 2.13. The zero-order valence-electron chi connectivity index (χ0n) is 59.8. The molecule has 5 N–H and O–H groups in total. The second kappa shape index (κ2) is 35.8. The van der Waals surface area contributed by atoms with Gasteiger partial charge in [0, 0.05) is 68.8 Å². The van der Waals surface area contributed by atoms with E-state index in [0.717, 1.165) is 14.7 Å². The number of nitrogens with one attached hydrogen (secondary N) is 4. The number of amides is 11. The fraction of sp³-hybridized carbons (Fsp3) is 0.803. The minimum absolute atomic E-state index is 0.00362. The number of allylic oxidation sites excluding steroid dienone is 2. The molecule has 2 aliphatic heterocycles. The van der Waals surface area contributed by atoms with Crippen molar-refractivity contribution in [2.75, 3.05) is 69.0 Å². The summed E-state index contributed by atoms with van der Waals surface area (Å²) >= 11 is 0. The third-order valence-corrected chi connectivity index (χ3v) is 18.1. The summed E-state index contributed by atoms with van der Waals surface area (Å²) in [7, 11) is 9.64. The fourth-order valence-corrected chi connectivity index (χ4v) is 12.3. The summed E-state index contributed by atoms with van der Waals surface area (Å²) < 4.78 is 29.3. The zero-order chi connectivity index (χ0) is 71.0. The van der Waals surface area contributed by atoms with Crippen molar-refractivity contribution < 1.29 is 66.6 Å². The lowest BCUT2D eigenvalue weighted by Crippen LogP contribution is -2.64. The van der Waals surface area contributed by atoms with Crippen molar-refractivity contribution in [1.82, 2.24) is 60.5 Å². The predicted molar refractivity (Wildman–Crippen MR) is 349 cm³/mol. The van der Waals surface area contributed by atoms with Crippen molar-refractivity contribution in [2.24, 2.45) is 41.4 Å². The van der Waals surface area contributed by atoms with E-state index in [1.807, 2.05) is 41.5 Å². The number of aliphatic hydroxyl groups excluding tert-OH is 1. The van der Waals surface area contributed by atoms with E-state index in [0.29, 0.717) is 0 Å². The quantitative estimate of drug-likeness (QED) is 0.138. The molecular formula is C66H116F2N12O12. The highest BCUT2D eigenvalue weighted by atomic mass is 19.3. The van der Waals surface area contributed by atoms with Crippen LogP contribution in [0.4, 0.5) is 8.78 Å². The molecule has 0 aromatic carbocycles. The highest BCUT2D eigenvalue weighted by Crippen LogP contribution is 2.30. The maximum atomic E-state index is 15.2. The van der Waals surface area contributed by atoms with Crippen LogP contribution >= 0.6 is 0 Å². The van der Waals surface area contributed by atoms with E-state index in [-0.39, 0.29) is 62.9 Å². The number of likely N-dealkylation sites (tertiary alicyclic amines) is 1. The maximum absolute atomic E-state index is 15.2. The lowest BCUT2D eigenvalue weighted by atomic mass is 9.91. The minimum Gasteiger partial charge on any atom is -0.390 e. The molecule has 526 valence electrons. The predicted octanol–water partition coefficient (Wildman–Crippen LogP) is 3.59. The summed E-state index contributed by atoms with van der Waals surface area (Å²) in [4.78, 5) is 172. The number of halogens is 2. The molecule has 0 spiro atoms. The summed E-state index contributed by atoms with van der Waals surface area (Å²) in [6.45, 7) is 28.1. The van der Waals surface area contributed by atoms with Gasteiger partial charge < -0.3 is 60.7 Å². The maximum Gasteiger partial charge on any atom is 0.261 e. The van der Waals surface area contributed by atoms with Crippen molar-refractivity contribution in [2.45, 2.75) is 235 Å². The number of nitrogens with zero attached hydrogens (tertiary/aromatic N) is 8. The Hall–Kier alpha value is -6.31. The van der Waals surface area contributed by atoms with Crippen LogP contribution < -0.4 is 21.3 Å². The Bertz CT molecular complexity index is 2590. The lowest BCUT2D eigenvalue weighted by Gasteiger charge is -2.41. The van der Waals surface area contributed by atoms with Gasteiger partial charge in [0.1, 0.15) is 66.5 Å². The van der Waals surface area contributed by atoms with Gasteiger partial charge in [-0.1, -0.05) is 102 Å². The molecule has 2 heterocycles. The van der Waals surface area contributed by atoms with E-state index in [1.165, 1.54) is 94.6 Å². The van der Waals surface area contributed by atoms with Crippen LogP contribution in [0.25, 0.3) is 0 Å². The summed E-state index contributed by atoms with van der Waals surface area (Å²) in [5.41, 5.74) is 0. The molecule has 0 saturated carbocycles. The van der Waals surface area contributed by atoms with Crippen molar-refractivity contribution in [1.29, 1.82) is 0 Å². The normalized spacial score (nSPS) is 28.5. The lowest BCUT2D eigenvalue weighted by molar-refractivity contribution is -0.157. The van der Waals surface area contributed by atoms with Gasteiger partial charge in [0.25, 0.3) is 5.92 Å². The van der Waals surface area contributed by atoms with E-state index in [1.54, 1.807) is 67.5 Å². The van der Waals surface area contributed by atoms with Gasteiger partial charge >= 0.3 is 0 Å². The molecule has 2 saturated heterocycles. The molecule has 92 heavy (non-hydrogen) atoms. The molecule has 0 aliphatic carbocycles. The molecule has 14 atom stereocenters. The Morgan fingerprint density at radius 2 is 0.967 bits per heavy atom. The molecule has 0 aromatic heterocycles. The van der Waals surface area contributed by atoms with Crippen molar-refractivity contribution in [3.05, 3.63) is 12.2 Å². The fourth-order valence-electron chi connectivity index (χ4n) is 12.3. The molecule has 0 radical (unpaired) electrons. The smallest absolute Gasteiger partial charge is 0.261 e. The van der Waals surface area contributed by atoms with E-state index in [4.69, 9.17) is 0 Å². The van der Waals surface area contributed by atoms with Crippen molar-refractivity contribution in [3.63, 3.8) is 0 Å². The van der Waals surface area contributed by atoms with Crippen molar-refractivity contribution in [3.8, 4) is 0 Å². The van der Waals surface area contributed by atoms with Crippen LogP contribution in [-0.4, -0.2) is 257 Å². The van der Waals surface area contributed by atoms with Crippen LogP contribution in [0, 0.1) is 41.4 Å². The van der Waals surface area contributed by atoms with Gasteiger partial charge in [-0.15, -0.1) is 0 Å². The van der Waals surface area contributed by atoms with Gasteiger partial charge in [-0.2, -0.15) is 0 Å². The van der Waals surface area contributed by atoms with E-state index in [9.17, 15) is 47.4 Å². The summed E-state index contributed by atoms with van der Waals surface area (Å²) in [6, 6.07) is -14.6. The zero-order valence-corrected chi connectivity index (χ0v) is 59.8. The number of carbonyl (C=O) groups is 11. The van der Waals surface area contributed by atoms with Gasteiger partial charge in [0.05, 0.1) is 12.6 Å². The molecule has 26 heteroatoms. The van der Waals surface area contributed by atoms with Gasteiger partial charge in [0.15, 0.2) is 0 Å². The third kappa shape index (κ3) is 21.6. The number of hydrogen-bond donors (Lipinski definition) is 5. The monoisotopic (exact) mass is 1310 g/mol. The van der Waals surface area contributed by atoms with Gasteiger partial charge in [-0.05, 0) is 101 Å². The highest BCUT2D eigenvalue weighted by molar-refractivity contribution is 6.00. The SMILES string of the molecule is C/C=C/C[C@@H](C)[C@@H](O)[C@H]1C(=O)N[C@@H](CC)C(=O)N(C)[C@@H](C)C(=O)N(C)[C@@H](C(C)CN2CCC(F)(F)C2)C(=O)N[C@@H](C(C)C)C(=O)N(C)[C@@H](CC(C)C)C(=O)N[C@@H](C)C(=O)N[C@H](C)C(=O)N(C)[C@@H](CC(C)C)C(=O)N(C)[C@@H](CC(C)C)C(=O)N(C)[C@@H](C(C)C)C(=O)N1C. The second-order valence-electron chi connectivity index (χ2n) is 28.1. The Labute approximate surface area is 547 Å². The van der Waals surface area contributed by atoms with Crippen LogP contribution in [0.5, 0.6) is 0 Å². The second-order valence-corrected chi connectivity index (χ2v) is 28.1. The number of aliphatic hydroxyl groups is 1. The van der Waals surface area contributed by atoms with E-state index >= 15 is 19.2 Å². The summed E-state index contributed by atoms with van der Waals surface area (Å²) in [5, 5.41) is 23.1. The molecule has 2 rings (SSSR count). The average molecular weight is 1310 g/mol. The third-order valence-electron chi connectivity index (χ3n) is 18.1. The standard InChI is InChI=1S/C66H116F2N12O12/c1-25-27-28-41(13)54(81)53-58(85)71-46(26-2)61(88)73(18)45(17)60(87)78(23)52(42(14)34-80-30-29-66(67,68)35-80)57(84)72-50(39(9)10)64(91)74(19)47(31-36(3)4)56(83)69-43(15)55(82)70-44(16)59(86)75(20)48(32-37(5)6)62(89)76(21)49(33-38(7)8)63(90)77(22)51(40(11)12)65(92)79(53)24/h25,27,36-54,81H,26,28-35H2,1-24H3,(H,69,83)(H,70,82)(H,71,85)(H,72,84)/b27-25+/t41-,42?,43+,44-,45+,46+,47+,48+,49+,50+,51+,52+,53+,54-/m1/s1. The molecule has 1 unspecified atom stereocenters. The number of alkyl halides is 2. The number of carbonyl (C=O) groups excluding carboxylic acids is 11. The van der Waals surface area contributed by atoms with Gasteiger partial charge in [-0.3, -0.25) is 57.6 Å². The van der Waals surface area contributed by atoms with Gasteiger partial charge in [0.2, 0.25) is 65.0 Å². The van der Waals surface area contributed by atoms with Crippen LogP contribution in [0.1, 0.15) is 156 Å². The molecule has 0 aromatic rings. The Morgan fingerprint density at radius 1 is 0.511 bits per heavy atom. The Morgan fingerprint density at radius 3 is 1.43 bits per heavy atom.